The molecule has 0 N–H and O–H groups in total. The predicted molar refractivity (Wildman–Crippen MR) is 153 cm³/mol. The maximum atomic E-state index is 13.3. The Balaban J connectivity index is 1.18. The number of hydrogen-bond donors (Lipinski definition) is 0. The highest BCUT2D eigenvalue weighted by Crippen LogP contribution is 2.37. The van der Waals surface area contributed by atoms with Crippen LogP contribution in [0, 0.1) is 0 Å². The zero-order valence-corrected chi connectivity index (χ0v) is 23.5. The van der Waals surface area contributed by atoms with Gasteiger partial charge in [0, 0.05) is 44.0 Å². The number of unbranched alkanes of at least 4 members (excludes halogenated alkanes) is 8. The summed E-state index contributed by atoms with van der Waals surface area (Å²) in [5, 5.41) is 2.18. The lowest BCUT2D eigenvalue weighted by Gasteiger charge is -2.39. The number of fused-ring (bicyclic) bond motifs is 1. The van der Waals surface area contributed by atoms with Gasteiger partial charge in [0.05, 0.1) is 12.6 Å². The van der Waals surface area contributed by atoms with Gasteiger partial charge in [0.15, 0.2) is 0 Å². The molecule has 1 saturated heterocycles. The summed E-state index contributed by atoms with van der Waals surface area (Å²) in [6.07, 6.45) is 13.1. The van der Waals surface area contributed by atoms with E-state index in [4.69, 9.17) is 0 Å². The van der Waals surface area contributed by atoms with E-state index in [9.17, 15) is 9.59 Å². The van der Waals surface area contributed by atoms with E-state index in [2.05, 4.69) is 47.5 Å². The first-order valence-corrected chi connectivity index (χ1v) is 15.5. The van der Waals surface area contributed by atoms with E-state index < -0.39 is 0 Å². The third-order valence-corrected chi connectivity index (χ3v) is 9.00. The van der Waals surface area contributed by atoms with Crippen LogP contribution in [0.3, 0.4) is 0 Å². The van der Waals surface area contributed by atoms with E-state index in [0.717, 1.165) is 25.8 Å². The highest BCUT2D eigenvalue weighted by atomic mass is 32.1. The maximum absolute atomic E-state index is 13.3. The molecular formula is C31H45N3O2S. The third kappa shape index (κ3) is 7.90. The van der Waals surface area contributed by atoms with Gasteiger partial charge in [0.1, 0.15) is 0 Å². The second kappa shape index (κ2) is 14.7. The largest absolute Gasteiger partial charge is 0.339 e. The van der Waals surface area contributed by atoms with Crippen molar-refractivity contribution >= 4 is 23.2 Å². The van der Waals surface area contributed by atoms with Crippen LogP contribution in [-0.2, 0) is 16.0 Å². The van der Waals surface area contributed by atoms with E-state index in [1.54, 1.807) is 0 Å². The molecule has 202 valence electrons. The first kappa shape index (κ1) is 27.8. The van der Waals surface area contributed by atoms with Gasteiger partial charge in [0.25, 0.3) is 0 Å². The molecule has 1 fully saturated rings. The Morgan fingerprint density at radius 1 is 0.784 bits per heavy atom. The molecule has 1 atom stereocenters. The molecular weight excluding hydrogens is 478 g/mol. The number of amides is 2. The Bertz CT molecular complexity index is 968. The minimum absolute atomic E-state index is 0.138. The first-order valence-electron chi connectivity index (χ1n) is 14.6. The number of thiophene rings is 1. The van der Waals surface area contributed by atoms with Crippen LogP contribution in [0.5, 0.6) is 0 Å². The van der Waals surface area contributed by atoms with Gasteiger partial charge in [0.2, 0.25) is 11.8 Å². The van der Waals surface area contributed by atoms with Crippen molar-refractivity contribution in [2.75, 3.05) is 39.3 Å². The molecule has 0 spiro atoms. The fourth-order valence-corrected chi connectivity index (χ4v) is 6.69. The minimum Gasteiger partial charge on any atom is -0.339 e. The van der Waals surface area contributed by atoms with E-state index in [1.807, 2.05) is 27.2 Å². The first-order chi connectivity index (χ1) is 18.2. The Morgan fingerprint density at radius 3 is 2.08 bits per heavy atom. The lowest BCUT2D eigenvalue weighted by molar-refractivity contribution is -0.140. The summed E-state index contributed by atoms with van der Waals surface area (Å²) in [6.45, 7) is 6.21. The van der Waals surface area contributed by atoms with Gasteiger partial charge >= 0.3 is 0 Å². The molecule has 0 unspecified atom stereocenters. The van der Waals surface area contributed by atoms with Crippen LogP contribution in [0.4, 0.5) is 0 Å². The number of rotatable bonds is 13. The molecule has 6 heteroatoms. The number of carbonyl (C=O) groups is 2. The minimum atomic E-state index is 0.138. The summed E-state index contributed by atoms with van der Waals surface area (Å²) in [5.74, 6) is 0.450. The number of nitrogens with zero attached hydrogens (tertiary/aromatic N) is 3. The standard InChI is InChI=1S/C31H45N3O2S/c1-2-3-4-5-6-7-8-9-13-16-29(35)32-20-22-33(23-21-32)30(36)25-34-19-17-28-27(18-24-37-28)31(34)26-14-11-10-12-15-26/h10-12,14-15,18,24,31H,2-9,13,16-17,19-23,25H2,1H3/t31-/m0/s1. The molecule has 0 radical (unpaired) electrons. The predicted octanol–water partition coefficient (Wildman–Crippen LogP) is 6.29. The second-order valence-electron chi connectivity index (χ2n) is 10.7. The third-order valence-electron chi connectivity index (χ3n) is 8.00. The van der Waals surface area contributed by atoms with Crippen molar-refractivity contribution in [3.8, 4) is 0 Å². The van der Waals surface area contributed by atoms with Crippen molar-refractivity contribution in [3.05, 3.63) is 57.8 Å². The van der Waals surface area contributed by atoms with Crippen LogP contribution >= 0.6 is 11.3 Å². The molecule has 0 bridgehead atoms. The average Bonchev–Trinajstić information content (AvgIpc) is 3.41. The molecule has 2 aliphatic rings. The highest BCUT2D eigenvalue weighted by molar-refractivity contribution is 7.10. The number of piperazine rings is 1. The van der Waals surface area contributed by atoms with Crippen LogP contribution < -0.4 is 0 Å². The molecule has 1 aromatic carbocycles. The summed E-state index contributed by atoms with van der Waals surface area (Å²) in [5.41, 5.74) is 2.60. The molecule has 0 aliphatic carbocycles. The van der Waals surface area contributed by atoms with Crippen molar-refractivity contribution in [1.29, 1.82) is 0 Å². The Hall–Kier alpha value is -2.18. The van der Waals surface area contributed by atoms with Crippen LogP contribution in [-0.4, -0.2) is 65.8 Å². The lowest BCUT2D eigenvalue weighted by Crippen LogP contribution is -2.53. The van der Waals surface area contributed by atoms with Crippen molar-refractivity contribution in [2.24, 2.45) is 0 Å². The highest BCUT2D eigenvalue weighted by Gasteiger charge is 2.32. The zero-order chi connectivity index (χ0) is 25.9. The molecule has 37 heavy (non-hydrogen) atoms. The van der Waals surface area contributed by atoms with Gasteiger partial charge in [-0.3, -0.25) is 14.5 Å². The van der Waals surface area contributed by atoms with Crippen molar-refractivity contribution in [1.82, 2.24) is 14.7 Å². The van der Waals surface area contributed by atoms with E-state index in [-0.39, 0.29) is 17.9 Å². The van der Waals surface area contributed by atoms with Crippen LogP contribution in [0.25, 0.3) is 0 Å². The summed E-state index contributed by atoms with van der Waals surface area (Å²) in [4.78, 5) is 33.7. The monoisotopic (exact) mass is 523 g/mol. The van der Waals surface area contributed by atoms with Gasteiger partial charge in [-0.25, -0.2) is 0 Å². The maximum Gasteiger partial charge on any atom is 0.236 e. The summed E-state index contributed by atoms with van der Waals surface area (Å²) in [6, 6.07) is 12.9. The fraction of sp³-hybridized carbons (Fsp3) is 0.613. The fourth-order valence-electron chi connectivity index (χ4n) is 5.79. The van der Waals surface area contributed by atoms with Crippen LogP contribution in [0.2, 0.25) is 0 Å². The molecule has 2 amide bonds. The van der Waals surface area contributed by atoms with Crippen LogP contribution in [0.15, 0.2) is 41.8 Å². The van der Waals surface area contributed by atoms with Crippen molar-refractivity contribution in [2.45, 2.75) is 83.6 Å². The Kier molecular flexibility index (Phi) is 11.0. The number of hydrogen-bond acceptors (Lipinski definition) is 4. The van der Waals surface area contributed by atoms with E-state index in [0.29, 0.717) is 39.1 Å². The Labute approximate surface area is 227 Å². The smallest absolute Gasteiger partial charge is 0.236 e. The Morgan fingerprint density at radius 2 is 1.41 bits per heavy atom. The molecule has 1 aromatic heterocycles. The van der Waals surface area contributed by atoms with E-state index >= 15 is 0 Å². The number of benzene rings is 1. The van der Waals surface area contributed by atoms with Crippen LogP contribution in [0.1, 0.15) is 93.2 Å². The quantitative estimate of drug-likeness (QED) is 0.290. The summed E-state index contributed by atoms with van der Waals surface area (Å²) >= 11 is 1.83. The van der Waals surface area contributed by atoms with Gasteiger partial charge in [-0.1, -0.05) is 88.6 Å². The van der Waals surface area contributed by atoms with Gasteiger partial charge in [-0.2, -0.15) is 0 Å². The molecule has 3 heterocycles. The SMILES string of the molecule is CCCCCCCCCCCC(=O)N1CCN(C(=O)CN2CCc3sccc3[C@@H]2c2ccccc2)CC1. The topological polar surface area (TPSA) is 43.9 Å². The van der Waals surface area contributed by atoms with Crippen molar-refractivity contribution in [3.63, 3.8) is 0 Å². The van der Waals surface area contributed by atoms with Crippen molar-refractivity contribution < 1.29 is 9.59 Å². The zero-order valence-electron chi connectivity index (χ0n) is 22.7. The molecule has 5 nitrogen and oxygen atoms in total. The summed E-state index contributed by atoms with van der Waals surface area (Å²) in [7, 11) is 0. The molecule has 2 aliphatic heterocycles. The van der Waals surface area contributed by atoms with E-state index in [1.165, 1.54) is 60.9 Å². The normalized spacial score (nSPS) is 18.1. The number of carbonyl (C=O) groups excluding carboxylic acids is 2. The lowest BCUT2D eigenvalue weighted by atomic mass is 9.93. The van der Waals surface area contributed by atoms with Gasteiger partial charge < -0.3 is 9.80 Å². The molecule has 2 aromatic rings. The second-order valence-corrected chi connectivity index (χ2v) is 11.7. The average molecular weight is 524 g/mol. The molecule has 4 rings (SSSR count). The molecule has 0 saturated carbocycles. The van der Waals surface area contributed by atoms with Gasteiger partial charge in [-0.05, 0) is 35.4 Å². The van der Waals surface area contributed by atoms with Gasteiger partial charge in [-0.15, -0.1) is 11.3 Å². The summed E-state index contributed by atoms with van der Waals surface area (Å²) < 4.78 is 0.